The maximum Gasteiger partial charge on any atom is 0.322 e. The average Bonchev–Trinajstić information content (AvgIpc) is 2.68. The number of rotatable bonds is 4. The van der Waals surface area contributed by atoms with Crippen LogP contribution in [0.25, 0.3) is 10.8 Å². The van der Waals surface area contributed by atoms with Gasteiger partial charge in [-0.3, -0.25) is 4.79 Å². The van der Waals surface area contributed by atoms with E-state index in [2.05, 4.69) is 10.3 Å². The molecule has 5 nitrogen and oxygen atoms in total. The molecule has 0 aliphatic carbocycles. The highest BCUT2D eigenvalue weighted by Gasteiger charge is 2.24. The zero-order valence-corrected chi connectivity index (χ0v) is 15.8. The number of fused-ring (bicyclic) bond motifs is 1. The van der Waals surface area contributed by atoms with Crippen LogP contribution in [0.5, 0.6) is 0 Å². The van der Waals surface area contributed by atoms with Gasteiger partial charge in [0.25, 0.3) is 5.56 Å². The van der Waals surface area contributed by atoms with Crippen molar-refractivity contribution in [3.63, 3.8) is 0 Å². The quantitative estimate of drug-likeness (QED) is 0.464. The molecule has 0 fully saturated rings. The monoisotopic (exact) mass is 425 g/mol. The summed E-state index contributed by atoms with van der Waals surface area (Å²) in [5.41, 5.74) is -0.622. The molecular weight excluding hydrogens is 409 g/mol. The van der Waals surface area contributed by atoms with Gasteiger partial charge in [-0.05, 0) is 36.9 Å². The number of nitrogens with one attached hydrogen (secondary N) is 2. The number of hydrogen-bond acceptors (Lipinski definition) is 2. The van der Waals surface area contributed by atoms with E-state index in [-0.39, 0.29) is 23.0 Å². The van der Waals surface area contributed by atoms with E-state index in [1.807, 2.05) is 0 Å². The molecule has 1 aromatic heterocycles. The van der Waals surface area contributed by atoms with Crippen LogP contribution < -0.4 is 10.9 Å². The number of H-pyrrole nitrogens is 1. The van der Waals surface area contributed by atoms with Gasteiger partial charge in [0.1, 0.15) is 0 Å². The molecule has 3 aromatic rings. The first-order valence-electron chi connectivity index (χ1n) is 8.86. The van der Waals surface area contributed by atoms with E-state index in [1.165, 1.54) is 11.1 Å². The summed E-state index contributed by atoms with van der Waals surface area (Å²) >= 11 is 0. The van der Waals surface area contributed by atoms with Crippen molar-refractivity contribution >= 4 is 22.5 Å². The minimum atomic E-state index is -1.66. The van der Waals surface area contributed by atoms with Gasteiger partial charge in [0, 0.05) is 30.6 Å². The van der Waals surface area contributed by atoms with Crippen LogP contribution in [-0.4, -0.2) is 22.5 Å². The number of urea groups is 1. The first kappa shape index (κ1) is 21.3. The van der Waals surface area contributed by atoms with Crippen molar-refractivity contribution < 1.29 is 26.7 Å². The Bertz CT molecular complexity index is 1170. The third-order valence-corrected chi connectivity index (χ3v) is 4.73. The predicted octanol–water partition coefficient (Wildman–Crippen LogP) is 4.84. The van der Waals surface area contributed by atoms with Crippen LogP contribution in [0.3, 0.4) is 0 Å². The van der Waals surface area contributed by atoms with Crippen LogP contribution >= 0.6 is 0 Å². The molecule has 1 atom stereocenters. The maximum atomic E-state index is 13.8. The highest BCUT2D eigenvalue weighted by molar-refractivity contribution is 5.91. The van der Waals surface area contributed by atoms with Gasteiger partial charge in [-0.25, -0.2) is 26.7 Å². The first-order chi connectivity index (χ1) is 14.1. The van der Waals surface area contributed by atoms with Crippen molar-refractivity contribution in [2.24, 2.45) is 0 Å². The zero-order chi connectivity index (χ0) is 22.2. The normalized spacial score (nSPS) is 12.1. The van der Waals surface area contributed by atoms with E-state index >= 15 is 0 Å². The molecular formula is C20H16F5N3O2. The lowest BCUT2D eigenvalue weighted by atomic mass is 10.0. The lowest BCUT2D eigenvalue weighted by Crippen LogP contribution is -2.37. The number of carbonyl (C=O) groups excluding carboxylic acids is 1. The summed E-state index contributed by atoms with van der Waals surface area (Å²) < 4.78 is 67.2. The van der Waals surface area contributed by atoms with Gasteiger partial charge < -0.3 is 15.2 Å². The topological polar surface area (TPSA) is 65.2 Å². The number of amides is 2. The van der Waals surface area contributed by atoms with E-state index in [4.69, 9.17) is 0 Å². The van der Waals surface area contributed by atoms with Crippen molar-refractivity contribution in [1.29, 1.82) is 0 Å². The number of anilines is 1. The second kappa shape index (κ2) is 8.13. The minimum Gasteiger partial charge on any atom is -0.328 e. The van der Waals surface area contributed by atoms with Crippen molar-refractivity contribution in [3.8, 4) is 0 Å². The maximum absolute atomic E-state index is 13.8. The van der Waals surface area contributed by atoms with Crippen LogP contribution in [0.2, 0.25) is 0 Å². The van der Waals surface area contributed by atoms with Crippen LogP contribution in [0.15, 0.2) is 35.3 Å². The Labute approximate surface area is 167 Å². The Morgan fingerprint density at radius 3 is 2.13 bits per heavy atom. The molecule has 0 spiro atoms. The summed E-state index contributed by atoms with van der Waals surface area (Å²) in [5, 5.41) is 2.27. The number of aromatic amines is 1. The number of nitrogens with zero attached hydrogens (tertiary/aromatic N) is 1. The lowest BCUT2D eigenvalue weighted by Gasteiger charge is -2.29. The Morgan fingerprint density at radius 2 is 1.57 bits per heavy atom. The Balaban J connectivity index is 1.97. The van der Waals surface area contributed by atoms with Gasteiger partial charge in [0.05, 0.1) is 11.4 Å². The summed E-state index contributed by atoms with van der Waals surface area (Å²) in [6.07, 6.45) is 1.28. The molecule has 158 valence electrons. The second-order valence-electron chi connectivity index (χ2n) is 6.53. The fourth-order valence-electron chi connectivity index (χ4n) is 3.20. The Morgan fingerprint density at radius 1 is 1.00 bits per heavy atom. The zero-order valence-electron chi connectivity index (χ0n) is 15.8. The summed E-state index contributed by atoms with van der Waals surface area (Å²) in [7, 11) is 0. The fourth-order valence-corrected chi connectivity index (χ4v) is 3.20. The van der Waals surface area contributed by atoms with Gasteiger partial charge in [0.15, 0.2) is 29.1 Å². The molecule has 10 heteroatoms. The van der Waals surface area contributed by atoms with E-state index < -0.39 is 46.7 Å². The molecule has 0 saturated carbocycles. The SMILES string of the molecule is CCN(C(=O)Nc1cc(F)c(F)c(F)c1)[C@@H](C)c1c[nH]c(=O)c2cc(F)c(F)cc12. The number of pyridine rings is 1. The van der Waals surface area contributed by atoms with Gasteiger partial charge in [-0.15, -0.1) is 0 Å². The Hall–Kier alpha value is -3.43. The molecule has 0 radical (unpaired) electrons. The molecule has 30 heavy (non-hydrogen) atoms. The van der Waals surface area contributed by atoms with Crippen molar-refractivity contribution in [2.75, 3.05) is 11.9 Å². The van der Waals surface area contributed by atoms with Crippen molar-refractivity contribution in [2.45, 2.75) is 19.9 Å². The molecule has 0 bridgehead atoms. The van der Waals surface area contributed by atoms with E-state index in [9.17, 15) is 31.5 Å². The lowest BCUT2D eigenvalue weighted by molar-refractivity contribution is 0.197. The number of hydrogen-bond donors (Lipinski definition) is 2. The molecule has 1 heterocycles. The Kier molecular flexibility index (Phi) is 5.77. The fraction of sp³-hybridized carbons (Fsp3) is 0.200. The first-order valence-corrected chi connectivity index (χ1v) is 8.86. The van der Waals surface area contributed by atoms with E-state index in [0.717, 1.165) is 12.1 Å². The molecule has 0 unspecified atom stereocenters. The van der Waals surface area contributed by atoms with Gasteiger partial charge in [-0.1, -0.05) is 0 Å². The third-order valence-electron chi connectivity index (χ3n) is 4.73. The summed E-state index contributed by atoms with van der Waals surface area (Å²) in [5.74, 6) is -6.95. The van der Waals surface area contributed by atoms with E-state index in [1.54, 1.807) is 13.8 Å². The smallest absolute Gasteiger partial charge is 0.322 e. The molecule has 2 aromatic carbocycles. The highest BCUT2D eigenvalue weighted by Crippen LogP contribution is 2.28. The van der Waals surface area contributed by atoms with Gasteiger partial charge in [0.2, 0.25) is 0 Å². The average molecular weight is 425 g/mol. The third kappa shape index (κ3) is 3.85. The number of carbonyl (C=O) groups is 1. The second-order valence-corrected chi connectivity index (χ2v) is 6.53. The number of aromatic nitrogens is 1. The largest absolute Gasteiger partial charge is 0.328 e. The summed E-state index contributed by atoms with van der Waals surface area (Å²) in [6, 6.07) is 1.35. The summed E-state index contributed by atoms with van der Waals surface area (Å²) in [6.45, 7) is 3.31. The molecule has 0 aliphatic rings. The van der Waals surface area contributed by atoms with Crippen molar-refractivity contribution in [1.82, 2.24) is 9.88 Å². The minimum absolute atomic E-state index is 0.0996. The van der Waals surface area contributed by atoms with Crippen molar-refractivity contribution in [3.05, 3.63) is 75.5 Å². The highest BCUT2D eigenvalue weighted by atomic mass is 19.2. The molecule has 3 rings (SSSR count). The number of halogens is 5. The predicted molar refractivity (Wildman–Crippen MR) is 101 cm³/mol. The van der Waals surface area contributed by atoms with Crippen LogP contribution in [-0.2, 0) is 0 Å². The van der Waals surface area contributed by atoms with Crippen LogP contribution in [0.1, 0.15) is 25.5 Å². The van der Waals surface area contributed by atoms with Crippen LogP contribution in [0.4, 0.5) is 32.4 Å². The number of benzene rings is 2. The molecule has 2 N–H and O–H groups in total. The molecule has 0 aliphatic heterocycles. The molecule has 2 amide bonds. The van der Waals surface area contributed by atoms with Gasteiger partial charge in [-0.2, -0.15) is 0 Å². The van der Waals surface area contributed by atoms with E-state index in [0.29, 0.717) is 17.7 Å². The summed E-state index contributed by atoms with van der Waals surface area (Å²) in [4.78, 5) is 28.3. The van der Waals surface area contributed by atoms with Crippen LogP contribution in [0, 0.1) is 29.1 Å². The molecule has 0 saturated heterocycles. The van der Waals surface area contributed by atoms with Gasteiger partial charge >= 0.3 is 6.03 Å². The standard InChI is InChI=1S/C20H16F5N3O2/c1-3-28(20(30)27-10-4-16(23)18(25)17(24)5-10)9(2)13-8-26-19(29)12-7-15(22)14(21)6-11(12)13/h4-9H,3H2,1-2H3,(H,26,29)(H,27,30)/t9-/m0/s1.